The molecule has 34 heavy (non-hydrogen) atoms. The number of hydrogen-bond acceptors (Lipinski definition) is 4. The smallest absolute Gasteiger partial charge is 0.360 e. The molecule has 0 spiro atoms. The second-order valence-electron chi connectivity index (χ2n) is 10.4. The summed E-state index contributed by atoms with van der Waals surface area (Å²) in [6, 6.07) is 0. The number of hydrogen-bond donors (Lipinski definition) is 3. The summed E-state index contributed by atoms with van der Waals surface area (Å²) in [7, 11) is 5.52. The zero-order valence-electron chi connectivity index (χ0n) is 22.3. The fraction of sp³-hybridized carbons (Fsp3) is 0.808. The Morgan fingerprint density at radius 2 is 1.35 bits per heavy atom. The van der Waals surface area contributed by atoms with Crippen LogP contribution in [0.3, 0.4) is 0 Å². The number of carbonyl (C=O) groups is 2. The molecule has 0 saturated heterocycles. The molecule has 0 bridgehead atoms. The van der Waals surface area contributed by atoms with Crippen LogP contribution in [-0.4, -0.2) is 82.5 Å². The van der Waals surface area contributed by atoms with Crippen molar-refractivity contribution in [1.29, 1.82) is 0 Å². The van der Waals surface area contributed by atoms with Gasteiger partial charge in [0.15, 0.2) is 19.3 Å². The molecular formula is C26H51N3O5+2. The summed E-state index contributed by atoms with van der Waals surface area (Å²) in [5.41, 5.74) is 0. The summed E-state index contributed by atoms with van der Waals surface area (Å²) < 4.78 is 0.433. The maximum Gasteiger partial charge on any atom is 0.360 e. The molecule has 2 unspecified atom stereocenters. The average molecular weight is 486 g/mol. The highest BCUT2D eigenvalue weighted by molar-refractivity contribution is 5.81. The number of unbranched alkanes of at least 4 members (excludes halogenated alkanes) is 11. The third-order valence-corrected chi connectivity index (χ3v) is 5.96. The summed E-state index contributed by atoms with van der Waals surface area (Å²) in [6.45, 7) is 3.92. The van der Waals surface area contributed by atoms with Crippen molar-refractivity contribution in [2.24, 2.45) is 4.99 Å². The highest BCUT2D eigenvalue weighted by Crippen LogP contribution is 2.24. The Labute approximate surface area is 207 Å². The van der Waals surface area contributed by atoms with Crippen molar-refractivity contribution >= 4 is 17.8 Å². The van der Waals surface area contributed by atoms with Gasteiger partial charge in [-0.15, -0.1) is 0 Å². The largest absolute Gasteiger partial charge is 0.477 e. The topological polar surface area (TPSA) is 107 Å². The van der Waals surface area contributed by atoms with Crippen LogP contribution >= 0.6 is 0 Å². The van der Waals surface area contributed by atoms with Gasteiger partial charge in [-0.25, -0.2) is 19.1 Å². The molecule has 0 fully saturated rings. The maximum atomic E-state index is 11.2. The third kappa shape index (κ3) is 15.2. The van der Waals surface area contributed by atoms with Crippen molar-refractivity contribution in [3.63, 3.8) is 0 Å². The number of likely N-dealkylation sites (N-methyl/N-ethyl adjacent to an activating group) is 1. The number of amidine groups is 1. The Kier molecular flexibility index (Phi) is 16.7. The van der Waals surface area contributed by atoms with Gasteiger partial charge < -0.3 is 19.8 Å². The van der Waals surface area contributed by atoms with E-state index in [9.17, 15) is 14.7 Å². The van der Waals surface area contributed by atoms with E-state index in [1.165, 1.54) is 64.2 Å². The number of carboxylic acid groups (broad SMARTS) is 2. The molecule has 0 aliphatic carbocycles. The molecule has 8 heteroatoms. The van der Waals surface area contributed by atoms with Crippen LogP contribution in [0.5, 0.6) is 0 Å². The van der Waals surface area contributed by atoms with E-state index in [0.717, 1.165) is 25.1 Å². The molecule has 0 amide bonds. The van der Waals surface area contributed by atoms with Gasteiger partial charge in [0.25, 0.3) is 0 Å². The standard InChI is InChI=1S/C21H38N2O3.C5H11NO2/c1-3-4-5-6-7-8-9-10-11-12-13-14-15-20-22-16-17-23(20,19(2)24)18-21(25)26;1-6(2,3)4-5(7)8/h16-17,19,24H,3-15,18H2,1-2H3;4H2,1-3H3/p+2. The first-order chi connectivity index (χ1) is 15.9. The molecule has 0 aromatic rings. The predicted octanol–water partition coefficient (Wildman–Crippen LogP) is 4.98. The number of aliphatic carboxylic acids is 2. The van der Waals surface area contributed by atoms with Gasteiger partial charge in [-0.05, 0) is 6.42 Å². The highest BCUT2D eigenvalue weighted by Gasteiger charge is 2.41. The number of quaternary nitrogens is 2. The molecule has 1 aliphatic rings. The van der Waals surface area contributed by atoms with Crippen LogP contribution < -0.4 is 0 Å². The van der Waals surface area contributed by atoms with Crippen LogP contribution in [0.4, 0.5) is 0 Å². The minimum absolute atomic E-state index is 0.0482. The zero-order chi connectivity index (χ0) is 26.0. The lowest BCUT2D eigenvalue weighted by molar-refractivity contribution is -0.862. The van der Waals surface area contributed by atoms with E-state index >= 15 is 0 Å². The van der Waals surface area contributed by atoms with Gasteiger partial charge in [0.1, 0.15) is 6.20 Å². The number of carboxylic acids is 2. The van der Waals surface area contributed by atoms with Crippen molar-refractivity contribution in [2.75, 3.05) is 34.2 Å². The third-order valence-electron chi connectivity index (χ3n) is 5.96. The molecule has 1 heterocycles. The molecule has 1 aliphatic heterocycles. The summed E-state index contributed by atoms with van der Waals surface area (Å²) in [4.78, 5) is 25.5. The molecule has 198 valence electrons. The van der Waals surface area contributed by atoms with Crippen LogP contribution in [-0.2, 0) is 9.59 Å². The van der Waals surface area contributed by atoms with E-state index in [1.807, 2.05) is 21.1 Å². The fourth-order valence-electron chi connectivity index (χ4n) is 4.07. The van der Waals surface area contributed by atoms with Crippen molar-refractivity contribution in [1.82, 2.24) is 0 Å². The molecule has 0 aromatic heterocycles. The lowest BCUT2D eigenvalue weighted by atomic mass is 10.0. The molecule has 0 aromatic carbocycles. The van der Waals surface area contributed by atoms with Gasteiger partial charge in [0, 0.05) is 13.3 Å². The normalized spacial score (nSPS) is 18.2. The SMILES string of the molecule is CCCCCCCCCCCCCCC1=NC=C[N+]1(CC(=O)O)C(C)O.C[N+](C)(C)CC(=O)O. The molecule has 8 nitrogen and oxygen atoms in total. The average Bonchev–Trinajstić information content (AvgIpc) is 3.10. The van der Waals surface area contributed by atoms with Crippen LogP contribution in [0.25, 0.3) is 0 Å². The number of aliphatic hydroxyl groups is 1. The summed E-state index contributed by atoms with van der Waals surface area (Å²) >= 11 is 0. The first-order valence-electron chi connectivity index (χ1n) is 13.0. The summed E-state index contributed by atoms with van der Waals surface area (Å²) in [5.74, 6) is -0.896. The van der Waals surface area contributed by atoms with E-state index < -0.39 is 18.2 Å². The Balaban J connectivity index is 0.00000116. The monoisotopic (exact) mass is 485 g/mol. The zero-order valence-corrected chi connectivity index (χ0v) is 22.3. The summed E-state index contributed by atoms with van der Waals surface area (Å²) in [6.07, 6.45) is 18.9. The summed E-state index contributed by atoms with van der Waals surface area (Å²) in [5, 5.41) is 27.5. The quantitative estimate of drug-likeness (QED) is 0.187. The van der Waals surface area contributed by atoms with Gasteiger partial charge in [-0.1, -0.05) is 77.6 Å². The molecule has 0 saturated carbocycles. The van der Waals surface area contributed by atoms with Gasteiger partial charge >= 0.3 is 11.9 Å². The van der Waals surface area contributed by atoms with E-state index in [-0.39, 0.29) is 17.6 Å². The van der Waals surface area contributed by atoms with Crippen LogP contribution in [0.15, 0.2) is 17.4 Å². The fourth-order valence-corrected chi connectivity index (χ4v) is 4.07. The van der Waals surface area contributed by atoms with E-state index in [2.05, 4.69) is 11.9 Å². The van der Waals surface area contributed by atoms with Crippen LogP contribution in [0.1, 0.15) is 97.3 Å². The van der Waals surface area contributed by atoms with Crippen LogP contribution in [0.2, 0.25) is 0 Å². The molecular weight excluding hydrogens is 434 g/mol. The van der Waals surface area contributed by atoms with E-state index in [0.29, 0.717) is 4.48 Å². The Bertz CT molecular complexity index is 641. The number of aliphatic hydroxyl groups excluding tert-OH is 1. The van der Waals surface area contributed by atoms with Gasteiger partial charge in [0.05, 0.1) is 27.3 Å². The first-order valence-corrected chi connectivity index (χ1v) is 13.0. The maximum absolute atomic E-state index is 11.2. The molecule has 2 atom stereocenters. The molecule has 3 N–H and O–H groups in total. The van der Waals surface area contributed by atoms with E-state index in [4.69, 9.17) is 10.2 Å². The van der Waals surface area contributed by atoms with Crippen LogP contribution in [0, 0.1) is 0 Å². The lowest BCUT2D eigenvalue weighted by Crippen LogP contribution is -2.55. The van der Waals surface area contributed by atoms with Crippen molar-refractivity contribution < 1.29 is 33.9 Å². The number of rotatable bonds is 18. The lowest BCUT2D eigenvalue weighted by Gasteiger charge is -2.33. The second kappa shape index (κ2) is 17.6. The van der Waals surface area contributed by atoms with Crippen molar-refractivity contribution in [2.45, 2.75) is 104 Å². The van der Waals surface area contributed by atoms with Crippen molar-refractivity contribution in [3.05, 3.63) is 12.4 Å². The van der Waals surface area contributed by atoms with E-state index in [1.54, 1.807) is 19.3 Å². The predicted molar refractivity (Wildman–Crippen MR) is 137 cm³/mol. The first kappa shape index (κ1) is 32.2. The van der Waals surface area contributed by atoms with Gasteiger partial charge in [-0.2, -0.15) is 0 Å². The second-order valence-corrected chi connectivity index (χ2v) is 10.4. The van der Waals surface area contributed by atoms with Crippen molar-refractivity contribution in [3.8, 4) is 0 Å². The minimum atomic E-state index is -0.917. The minimum Gasteiger partial charge on any atom is -0.477 e. The molecule has 1 rings (SSSR count). The number of aliphatic imine (C=N–C) groups is 1. The Hall–Kier alpha value is -1.77. The Morgan fingerprint density at radius 3 is 1.71 bits per heavy atom. The Morgan fingerprint density at radius 1 is 0.882 bits per heavy atom. The van der Waals surface area contributed by atoms with Gasteiger partial charge in [-0.3, -0.25) is 0 Å². The highest BCUT2D eigenvalue weighted by atomic mass is 16.4. The van der Waals surface area contributed by atoms with Gasteiger partial charge in [0.2, 0.25) is 5.84 Å². The number of nitrogens with zero attached hydrogens (tertiary/aromatic N) is 3. The molecule has 0 radical (unpaired) electrons.